The molecule has 0 aromatic heterocycles. The van der Waals surface area contributed by atoms with Gasteiger partial charge in [-0.1, -0.05) is 17.7 Å². The van der Waals surface area contributed by atoms with E-state index in [9.17, 15) is 4.39 Å². The lowest BCUT2D eigenvalue weighted by Gasteiger charge is -2.30. The van der Waals surface area contributed by atoms with E-state index < -0.39 is 0 Å². The number of halogens is 2. The van der Waals surface area contributed by atoms with Crippen molar-refractivity contribution >= 4 is 11.6 Å². The van der Waals surface area contributed by atoms with Crippen LogP contribution in [-0.2, 0) is 6.42 Å². The Balaban J connectivity index is 1.85. The highest BCUT2D eigenvalue weighted by molar-refractivity contribution is 6.31. The third-order valence-electron chi connectivity index (χ3n) is 4.15. The summed E-state index contributed by atoms with van der Waals surface area (Å²) in [5, 5.41) is 3.79. The van der Waals surface area contributed by atoms with Gasteiger partial charge in [0.05, 0.1) is 6.04 Å². The Morgan fingerprint density at radius 1 is 1.14 bits per heavy atom. The average molecular weight is 320 g/mol. The van der Waals surface area contributed by atoms with Crippen LogP contribution in [0.15, 0.2) is 30.3 Å². The smallest absolute Gasteiger partial charge is 0.161 e. The minimum Gasteiger partial charge on any atom is -0.486 e. The predicted octanol–water partition coefficient (Wildman–Crippen LogP) is 3.49. The lowest BCUT2D eigenvalue weighted by molar-refractivity contribution is 0.171. The third kappa shape index (κ3) is 2.23. The number of rotatable bonds is 1. The Morgan fingerprint density at radius 3 is 2.68 bits per heavy atom. The number of nitrogens with one attached hydrogen (secondary N) is 1. The maximum atomic E-state index is 14.3. The predicted molar refractivity (Wildman–Crippen MR) is 82.4 cm³/mol. The van der Waals surface area contributed by atoms with Gasteiger partial charge in [0.2, 0.25) is 0 Å². The highest BCUT2D eigenvalue weighted by Crippen LogP contribution is 2.40. The summed E-state index contributed by atoms with van der Waals surface area (Å²) in [7, 11) is 0. The lowest BCUT2D eigenvalue weighted by Crippen LogP contribution is -2.32. The maximum absolute atomic E-state index is 14.3. The maximum Gasteiger partial charge on any atom is 0.161 e. The Morgan fingerprint density at radius 2 is 1.91 bits per heavy atom. The summed E-state index contributed by atoms with van der Waals surface area (Å²) < 4.78 is 25.6. The van der Waals surface area contributed by atoms with Gasteiger partial charge in [0.1, 0.15) is 19.0 Å². The minimum absolute atomic E-state index is 0.270. The van der Waals surface area contributed by atoms with Crippen molar-refractivity contribution in [3.8, 4) is 11.5 Å². The van der Waals surface area contributed by atoms with Crippen LogP contribution in [0.4, 0.5) is 4.39 Å². The normalized spacial score (nSPS) is 19.6. The summed E-state index contributed by atoms with van der Waals surface area (Å²) in [6, 6.07) is 8.46. The van der Waals surface area contributed by atoms with Crippen LogP contribution >= 0.6 is 11.6 Å². The molecule has 0 saturated carbocycles. The van der Waals surface area contributed by atoms with E-state index in [2.05, 4.69) is 5.32 Å². The van der Waals surface area contributed by atoms with Crippen LogP contribution in [0.1, 0.15) is 22.7 Å². The molecular formula is C17H15ClFNO2. The first-order chi connectivity index (χ1) is 10.7. The Kier molecular flexibility index (Phi) is 3.43. The molecule has 1 atom stereocenters. The van der Waals surface area contributed by atoms with Crippen molar-refractivity contribution < 1.29 is 13.9 Å². The molecule has 0 bridgehead atoms. The van der Waals surface area contributed by atoms with Crippen LogP contribution in [0.3, 0.4) is 0 Å². The number of ether oxygens (including phenoxy) is 2. The zero-order chi connectivity index (χ0) is 15.1. The first-order valence-corrected chi connectivity index (χ1v) is 7.71. The van der Waals surface area contributed by atoms with Gasteiger partial charge < -0.3 is 14.8 Å². The van der Waals surface area contributed by atoms with Crippen LogP contribution in [0, 0.1) is 5.82 Å². The molecule has 2 aliphatic heterocycles. The van der Waals surface area contributed by atoms with Gasteiger partial charge in [0.15, 0.2) is 11.5 Å². The standard InChI is InChI=1S/C17H15ClFNO2/c18-12-2-1-3-13(19)16(12)17-11-9-15-14(21-6-7-22-15)8-10(11)4-5-20-17/h1-3,8-9,17,20H,4-7H2. The van der Waals surface area contributed by atoms with Crippen LogP contribution in [0.5, 0.6) is 11.5 Å². The molecule has 1 N–H and O–H groups in total. The molecule has 114 valence electrons. The van der Waals surface area contributed by atoms with E-state index in [4.69, 9.17) is 21.1 Å². The minimum atomic E-state index is -0.298. The Labute approximate surface area is 133 Å². The van der Waals surface area contributed by atoms with Crippen molar-refractivity contribution in [1.29, 1.82) is 0 Å². The summed E-state index contributed by atoms with van der Waals surface area (Å²) in [6.07, 6.45) is 0.870. The zero-order valence-corrected chi connectivity index (χ0v) is 12.6. The van der Waals surface area contributed by atoms with Gasteiger partial charge in [0, 0.05) is 17.1 Å². The number of fused-ring (bicyclic) bond motifs is 2. The summed E-state index contributed by atoms with van der Waals surface area (Å²) in [4.78, 5) is 0. The van der Waals surface area contributed by atoms with E-state index in [-0.39, 0.29) is 11.9 Å². The van der Waals surface area contributed by atoms with Crippen LogP contribution in [-0.4, -0.2) is 19.8 Å². The molecule has 0 amide bonds. The first kappa shape index (κ1) is 13.9. The van der Waals surface area contributed by atoms with Crippen molar-refractivity contribution in [3.63, 3.8) is 0 Å². The second-order valence-corrected chi connectivity index (χ2v) is 5.87. The fourth-order valence-corrected chi connectivity index (χ4v) is 3.41. The van der Waals surface area contributed by atoms with Gasteiger partial charge in [0.25, 0.3) is 0 Å². The zero-order valence-electron chi connectivity index (χ0n) is 11.9. The van der Waals surface area contributed by atoms with Gasteiger partial charge in [-0.25, -0.2) is 4.39 Å². The summed E-state index contributed by atoms with van der Waals surface area (Å²) >= 11 is 6.24. The molecular weight excluding hydrogens is 305 g/mol. The van der Waals surface area contributed by atoms with Gasteiger partial charge in [-0.15, -0.1) is 0 Å². The molecule has 0 aliphatic carbocycles. The molecule has 22 heavy (non-hydrogen) atoms. The van der Waals surface area contributed by atoms with Crippen molar-refractivity contribution in [2.24, 2.45) is 0 Å². The Bertz CT molecular complexity index is 715. The third-order valence-corrected chi connectivity index (χ3v) is 4.48. The monoisotopic (exact) mass is 319 g/mol. The largest absolute Gasteiger partial charge is 0.486 e. The fraction of sp³-hybridized carbons (Fsp3) is 0.294. The molecule has 2 aromatic carbocycles. The molecule has 0 radical (unpaired) electrons. The summed E-state index contributed by atoms with van der Waals surface area (Å²) in [5.41, 5.74) is 2.64. The second kappa shape index (κ2) is 5.45. The van der Waals surface area contributed by atoms with Crippen molar-refractivity contribution in [1.82, 2.24) is 5.32 Å². The molecule has 2 heterocycles. The highest BCUT2D eigenvalue weighted by Gasteiger charge is 2.28. The van der Waals surface area contributed by atoms with Crippen LogP contribution in [0.2, 0.25) is 5.02 Å². The SMILES string of the molecule is Fc1cccc(Cl)c1C1NCCc2cc3c(cc21)OCCO3. The van der Waals surface area contributed by atoms with Crippen LogP contribution < -0.4 is 14.8 Å². The van der Waals surface area contributed by atoms with E-state index >= 15 is 0 Å². The van der Waals surface area contributed by atoms with Gasteiger partial charge in [-0.05, 0) is 41.8 Å². The molecule has 2 aliphatic rings. The number of benzene rings is 2. The van der Waals surface area contributed by atoms with E-state index in [0.717, 1.165) is 29.8 Å². The molecule has 0 saturated heterocycles. The average Bonchev–Trinajstić information content (AvgIpc) is 2.53. The number of hydrogen-bond acceptors (Lipinski definition) is 3. The quantitative estimate of drug-likeness (QED) is 0.873. The van der Waals surface area contributed by atoms with Gasteiger partial charge in [-0.3, -0.25) is 0 Å². The highest BCUT2D eigenvalue weighted by atomic mass is 35.5. The topological polar surface area (TPSA) is 30.5 Å². The second-order valence-electron chi connectivity index (χ2n) is 5.47. The van der Waals surface area contributed by atoms with E-state index in [1.165, 1.54) is 6.07 Å². The molecule has 2 aromatic rings. The fourth-order valence-electron chi connectivity index (χ4n) is 3.14. The van der Waals surface area contributed by atoms with Crippen molar-refractivity contribution in [3.05, 3.63) is 57.9 Å². The number of hydrogen-bond donors (Lipinski definition) is 1. The van der Waals surface area contributed by atoms with E-state index in [1.54, 1.807) is 12.1 Å². The molecule has 1 unspecified atom stereocenters. The van der Waals surface area contributed by atoms with Gasteiger partial charge >= 0.3 is 0 Å². The molecule has 5 heteroatoms. The van der Waals surface area contributed by atoms with E-state index in [1.807, 2.05) is 12.1 Å². The van der Waals surface area contributed by atoms with Crippen molar-refractivity contribution in [2.45, 2.75) is 12.5 Å². The van der Waals surface area contributed by atoms with E-state index in [0.29, 0.717) is 29.5 Å². The molecule has 3 nitrogen and oxygen atoms in total. The molecule has 4 rings (SSSR count). The molecule has 0 fully saturated rings. The lowest BCUT2D eigenvalue weighted by atomic mass is 9.89. The van der Waals surface area contributed by atoms with Crippen LogP contribution in [0.25, 0.3) is 0 Å². The van der Waals surface area contributed by atoms with Gasteiger partial charge in [-0.2, -0.15) is 0 Å². The Hall–Kier alpha value is -1.78. The molecule has 0 spiro atoms. The first-order valence-electron chi connectivity index (χ1n) is 7.34. The summed E-state index contributed by atoms with van der Waals surface area (Å²) in [6.45, 7) is 1.86. The summed E-state index contributed by atoms with van der Waals surface area (Å²) in [5.74, 6) is 1.18. The van der Waals surface area contributed by atoms with Crippen molar-refractivity contribution in [2.75, 3.05) is 19.8 Å².